The Morgan fingerprint density at radius 2 is 1.72 bits per heavy atom. The van der Waals surface area contributed by atoms with Crippen LogP contribution >= 0.6 is 0 Å². The van der Waals surface area contributed by atoms with E-state index in [-0.39, 0.29) is 17.5 Å². The summed E-state index contributed by atoms with van der Waals surface area (Å²) in [7, 11) is 1.31. The third-order valence-corrected chi connectivity index (χ3v) is 5.70. The van der Waals surface area contributed by atoms with Gasteiger partial charge in [-0.3, -0.25) is 14.5 Å². The molecule has 166 valence electrons. The third-order valence-electron chi connectivity index (χ3n) is 5.70. The van der Waals surface area contributed by atoms with Gasteiger partial charge in [-0.25, -0.2) is 4.79 Å². The number of nitrogens with zero attached hydrogens (tertiary/aromatic N) is 2. The fourth-order valence-corrected chi connectivity index (χ4v) is 3.92. The first kappa shape index (κ1) is 21.6. The molecule has 1 saturated heterocycles. The van der Waals surface area contributed by atoms with E-state index in [0.717, 1.165) is 5.56 Å². The molecule has 2 amide bonds. The van der Waals surface area contributed by atoms with Crippen LogP contribution in [0.3, 0.4) is 0 Å². The highest BCUT2D eigenvalue weighted by molar-refractivity contribution is 6.05. The number of carbonyl (C=O) groups is 3. The highest BCUT2D eigenvalue weighted by Gasteiger charge is 2.28. The van der Waals surface area contributed by atoms with Gasteiger partial charge in [0.2, 0.25) is 0 Å². The van der Waals surface area contributed by atoms with Crippen molar-refractivity contribution >= 4 is 23.5 Å². The Morgan fingerprint density at radius 1 is 1.00 bits per heavy atom. The summed E-state index contributed by atoms with van der Waals surface area (Å²) in [6.45, 7) is 4.63. The van der Waals surface area contributed by atoms with Crippen molar-refractivity contribution in [2.75, 3.05) is 45.2 Å². The first-order valence-electron chi connectivity index (χ1n) is 10.5. The number of hydrogen-bond donors (Lipinski definition) is 2. The molecule has 0 unspecified atom stereocenters. The Morgan fingerprint density at radius 3 is 2.41 bits per heavy atom. The van der Waals surface area contributed by atoms with E-state index in [0.29, 0.717) is 55.2 Å². The lowest BCUT2D eigenvalue weighted by molar-refractivity contribution is -0.136. The summed E-state index contributed by atoms with van der Waals surface area (Å²) in [5, 5.41) is 5.98. The topological polar surface area (TPSA) is 91.0 Å². The third kappa shape index (κ3) is 4.50. The van der Waals surface area contributed by atoms with Crippen LogP contribution in [0.15, 0.2) is 59.9 Å². The Balaban J connectivity index is 1.49. The van der Waals surface area contributed by atoms with Gasteiger partial charge >= 0.3 is 5.97 Å². The molecule has 2 aliphatic heterocycles. The SMILES string of the molecule is COC(=O)C1=C(CN2CCN(C(=O)c3ccccc3)CC2)NC(=O)c2cc(C)ccc2N1. The lowest BCUT2D eigenvalue weighted by atomic mass is 10.1. The molecule has 32 heavy (non-hydrogen) atoms. The molecule has 2 aromatic rings. The summed E-state index contributed by atoms with van der Waals surface area (Å²) in [5.41, 5.74) is 3.32. The summed E-state index contributed by atoms with van der Waals surface area (Å²) >= 11 is 0. The maximum atomic E-state index is 12.9. The number of nitrogens with one attached hydrogen (secondary N) is 2. The number of ether oxygens (including phenoxy) is 1. The van der Waals surface area contributed by atoms with Gasteiger partial charge in [-0.2, -0.15) is 0 Å². The van der Waals surface area contributed by atoms with Crippen LogP contribution in [0.4, 0.5) is 5.69 Å². The van der Waals surface area contributed by atoms with E-state index in [1.807, 2.05) is 48.2 Å². The predicted octanol–water partition coefficient (Wildman–Crippen LogP) is 1.99. The maximum Gasteiger partial charge on any atom is 0.356 e. The van der Waals surface area contributed by atoms with Gasteiger partial charge in [-0.05, 0) is 31.2 Å². The molecule has 8 heteroatoms. The number of amides is 2. The first-order valence-corrected chi connectivity index (χ1v) is 10.5. The van der Waals surface area contributed by atoms with E-state index in [9.17, 15) is 14.4 Å². The van der Waals surface area contributed by atoms with Crippen LogP contribution in [0.25, 0.3) is 0 Å². The molecule has 0 saturated carbocycles. The number of aryl methyl sites for hydroxylation is 1. The molecule has 0 spiro atoms. The smallest absolute Gasteiger partial charge is 0.356 e. The lowest BCUT2D eigenvalue weighted by Crippen LogP contribution is -2.50. The van der Waals surface area contributed by atoms with Crippen LogP contribution in [0.5, 0.6) is 0 Å². The van der Waals surface area contributed by atoms with Crippen LogP contribution in [-0.2, 0) is 9.53 Å². The average molecular weight is 434 g/mol. The van der Waals surface area contributed by atoms with Gasteiger partial charge in [0.1, 0.15) is 5.70 Å². The molecule has 0 bridgehead atoms. The molecule has 8 nitrogen and oxygen atoms in total. The van der Waals surface area contributed by atoms with Crippen molar-refractivity contribution in [1.29, 1.82) is 0 Å². The van der Waals surface area contributed by atoms with Crippen molar-refractivity contribution in [3.05, 3.63) is 76.6 Å². The minimum Gasteiger partial charge on any atom is -0.464 e. The van der Waals surface area contributed by atoms with Crippen LogP contribution < -0.4 is 10.6 Å². The van der Waals surface area contributed by atoms with Gasteiger partial charge < -0.3 is 20.3 Å². The molecule has 2 aliphatic rings. The van der Waals surface area contributed by atoms with E-state index < -0.39 is 5.97 Å². The standard InChI is InChI=1S/C24H26N4O4/c1-16-8-9-19-18(14-16)22(29)26-20(21(25-19)24(31)32-2)15-27-10-12-28(13-11-27)23(30)17-6-4-3-5-7-17/h3-9,14,25H,10-13,15H2,1-2H3,(H,26,29). The molecule has 0 radical (unpaired) electrons. The Hall–Kier alpha value is -3.65. The number of anilines is 1. The second kappa shape index (κ2) is 9.23. The van der Waals surface area contributed by atoms with Crippen LogP contribution in [0.2, 0.25) is 0 Å². The van der Waals surface area contributed by atoms with Gasteiger partial charge in [0.05, 0.1) is 24.1 Å². The van der Waals surface area contributed by atoms with Crippen molar-refractivity contribution in [3.63, 3.8) is 0 Å². The number of fused-ring (bicyclic) bond motifs is 1. The molecule has 4 rings (SSSR count). The number of hydrogen-bond acceptors (Lipinski definition) is 6. The Labute approximate surface area is 186 Å². The minimum absolute atomic E-state index is 0.00923. The summed E-state index contributed by atoms with van der Waals surface area (Å²) < 4.78 is 4.95. The fourth-order valence-electron chi connectivity index (χ4n) is 3.92. The maximum absolute atomic E-state index is 12.9. The molecule has 0 aromatic heterocycles. The van der Waals surface area contributed by atoms with Gasteiger partial charge in [-0.1, -0.05) is 29.8 Å². The molecule has 1 fully saturated rings. The quantitative estimate of drug-likeness (QED) is 0.716. The fraction of sp³-hybridized carbons (Fsp3) is 0.292. The summed E-state index contributed by atoms with van der Waals surface area (Å²) in [4.78, 5) is 42.0. The first-order chi connectivity index (χ1) is 15.5. The van der Waals surface area contributed by atoms with Gasteiger partial charge in [0.15, 0.2) is 0 Å². The van der Waals surface area contributed by atoms with Crippen molar-refractivity contribution in [2.24, 2.45) is 0 Å². The van der Waals surface area contributed by atoms with E-state index in [2.05, 4.69) is 15.5 Å². The highest BCUT2D eigenvalue weighted by atomic mass is 16.5. The van der Waals surface area contributed by atoms with E-state index >= 15 is 0 Å². The molecular weight excluding hydrogens is 408 g/mol. The van der Waals surface area contributed by atoms with Crippen molar-refractivity contribution in [3.8, 4) is 0 Å². The zero-order chi connectivity index (χ0) is 22.7. The largest absolute Gasteiger partial charge is 0.464 e. The molecular formula is C24H26N4O4. The summed E-state index contributed by atoms with van der Waals surface area (Å²) in [5.74, 6) is -0.815. The molecule has 0 atom stereocenters. The second-order valence-corrected chi connectivity index (χ2v) is 7.91. The van der Waals surface area contributed by atoms with Crippen LogP contribution in [0, 0.1) is 6.92 Å². The lowest BCUT2D eigenvalue weighted by Gasteiger charge is -2.35. The predicted molar refractivity (Wildman–Crippen MR) is 120 cm³/mol. The second-order valence-electron chi connectivity index (χ2n) is 7.91. The molecule has 0 aliphatic carbocycles. The number of carbonyl (C=O) groups excluding carboxylic acids is 3. The zero-order valence-corrected chi connectivity index (χ0v) is 18.2. The molecule has 2 N–H and O–H groups in total. The summed E-state index contributed by atoms with van der Waals surface area (Å²) in [6, 6.07) is 14.7. The minimum atomic E-state index is -0.549. The van der Waals surface area contributed by atoms with Crippen LogP contribution in [0.1, 0.15) is 26.3 Å². The highest BCUT2D eigenvalue weighted by Crippen LogP contribution is 2.24. The Kier molecular flexibility index (Phi) is 6.23. The van der Waals surface area contributed by atoms with Crippen molar-refractivity contribution < 1.29 is 19.1 Å². The van der Waals surface area contributed by atoms with E-state index in [1.54, 1.807) is 12.1 Å². The van der Waals surface area contributed by atoms with Gasteiger partial charge in [0, 0.05) is 38.3 Å². The van der Waals surface area contributed by atoms with Crippen LogP contribution in [-0.4, -0.2) is 67.4 Å². The number of piperazine rings is 1. The molecule has 2 aromatic carbocycles. The normalized spacial score (nSPS) is 16.6. The Bertz CT molecular complexity index is 1070. The monoisotopic (exact) mass is 434 g/mol. The van der Waals surface area contributed by atoms with Gasteiger partial charge in [0.25, 0.3) is 11.8 Å². The van der Waals surface area contributed by atoms with E-state index in [1.165, 1.54) is 7.11 Å². The number of benzene rings is 2. The number of methoxy groups -OCH3 is 1. The average Bonchev–Trinajstić information content (AvgIpc) is 2.95. The number of esters is 1. The van der Waals surface area contributed by atoms with Crippen molar-refractivity contribution in [2.45, 2.75) is 6.92 Å². The zero-order valence-electron chi connectivity index (χ0n) is 18.2. The summed E-state index contributed by atoms with van der Waals surface area (Å²) in [6.07, 6.45) is 0. The molecule has 2 heterocycles. The van der Waals surface area contributed by atoms with E-state index in [4.69, 9.17) is 4.74 Å². The number of rotatable bonds is 4. The van der Waals surface area contributed by atoms with Gasteiger partial charge in [-0.15, -0.1) is 0 Å². The van der Waals surface area contributed by atoms with Crippen molar-refractivity contribution in [1.82, 2.24) is 15.1 Å².